The number of imide groups is 1. The van der Waals surface area contributed by atoms with Gasteiger partial charge in [0, 0.05) is 16.9 Å². The Balaban J connectivity index is 1.50. The Kier molecular flexibility index (Phi) is 5.55. The first-order chi connectivity index (χ1) is 18.1. The van der Waals surface area contributed by atoms with Crippen LogP contribution < -0.4 is 4.90 Å². The molecule has 38 heavy (non-hydrogen) atoms. The summed E-state index contributed by atoms with van der Waals surface area (Å²) in [7, 11) is 0. The fourth-order valence-electron chi connectivity index (χ4n) is 7.47. The van der Waals surface area contributed by atoms with Crippen LogP contribution in [-0.2, 0) is 19.2 Å². The van der Waals surface area contributed by atoms with E-state index in [4.69, 9.17) is 11.6 Å². The molecule has 6 atom stereocenters. The summed E-state index contributed by atoms with van der Waals surface area (Å²) in [4.78, 5) is 56.4. The monoisotopic (exact) mass is 529 g/mol. The van der Waals surface area contributed by atoms with E-state index in [2.05, 4.69) is 0 Å². The average Bonchev–Trinajstić information content (AvgIpc) is 3.16. The van der Waals surface area contributed by atoms with Crippen molar-refractivity contribution in [2.24, 2.45) is 29.1 Å². The number of hydrogen-bond acceptors (Lipinski definition) is 5. The molecule has 194 valence electrons. The van der Waals surface area contributed by atoms with E-state index < -0.39 is 29.1 Å². The van der Waals surface area contributed by atoms with Crippen LogP contribution in [0.5, 0.6) is 5.75 Å². The van der Waals surface area contributed by atoms with Crippen LogP contribution in [0.25, 0.3) is 0 Å². The Bertz CT molecular complexity index is 1470. The molecule has 1 N–H and O–H groups in total. The number of carbonyl (C=O) groups is 4. The number of phenols is 1. The fourth-order valence-corrected chi connectivity index (χ4v) is 7.60. The fraction of sp³-hybridized carbons (Fsp3) is 0.355. The third-order valence-electron chi connectivity index (χ3n) is 9.48. The molecule has 6 rings (SSSR count). The summed E-state index contributed by atoms with van der Waals surface area (Å²) < 4.78 is 0. The number of amides is 2. The van der Waals surface area contributed by atoms with Gasteiger partial charge in [-0.25, -0.2) is 0 Å². The molecule has 1 saturated carbocycles. The molecular weight excluding hydrogens is 502 g/mol. The standard InChI is InChI=1S/C31H28ClNO5/c1-15-16(2)28(36)31(3)24(27(15)35)14-23-21(26(31)17-4-10-20(34)11-5-17)12-13-22-25(23)30(38)33(29(22)37)19-8-6-18(32)7-9-19/h4-12,22-26,34H,13-14H2,1-3H3/t22-,23+,24-,25-,26-,31+/m0/s1. The van der Waals surface area contributed by atoms with Gasteiger partial charge in [0.25, 0.3) is 0 Å². The van der Waals surface area contributed by atoms with Crippen LogP contribution in [0.3, 0.4) is 0 Å². The van der Waals surface area contributed by atoms with E-state index in [9.17, 15) is 24.3 Å². The summed E-state index contributed by atoms with van der Waals surface area (Å²) in [6.45, 7) is 5.29. The maximum Gasteiger partial charge on any atom is 0.238 e. The quantitative estimate of drug-likeness (QED) is 0.415. The normalized spacial score (nSPS) is 32.7. The number of halogens is 1. The van der Waals surface area contributed by atoms with Crippen LogP contribution >= 0.6 is 11.6 Å². The van der Waals surface area contributed by atoms with Gasteiger partial charge in [-0.3, -0.25) is 24.1 Å². The van der Waals surface area contributed by atoms with Crippen LogP contribution in [0.4, 0.5) is 5.69 Å². The molecule has 2 aromatic carbocycles. The van der Waals surface area contributed by atoms with Crippen molar-refractivity contribution >= 4 is 40.7 Å². The minimum absolute atomic E-state index is 0.0595. The van der Waals surface area contributed by atoms with Gasteiger partial charge in [-0.15, -0.1) is 0 Å². The van der Waals surface area contributed by atoms with Gasteiger partial charge in [0.2, 0.25) is 11.8 Å². The Labute approximate surface area is 226 Å². The van der Waals surface area contributed by atoms with Gasteiger partial charge in [0.05, 0.1) is 22.9 Å². The van der Waals surface area contributed by atoms with E-state index in [0.717, 1.165) is 11.1 Å². The molecule has 6 nitrogen and oxygen atoms in total. The number of rotatable bonds is 2. The molecule has 0 bridgehead atoms. The molecule has 0 aromatic heterocycles. The van der Waals surface area contributed by atoms with Crippen molar-refractivity contribution in [3.63, 3.8) is 0 Å². The molecular formula is C31H28ClNO5. The van der Waals surface area contributed by atoms with E-state index in [-0.39, 0.29) is 35.0 Å². The second-order valence-electron chi connectivity index (χ2n) is 11.2. The van der Waals surface area contributed by atoms with Gasteiger partial charge in [0.1, 0.15) is 5.75 Å². The van der Waals surface area contributed by atoms with Crippen molar-refractivity contribution in [3.8, 4) is 5.75 Å². The number of fused-ring (bicyclic) bond motifs is 4. The van der Waals surface area contributed by atoms with Gasteiger partial charge in [-0.1, -0.05) is 42.3 Å². The molecule has 3 aliphatic carbocycles. The molecule has 1 aliphatic heterocycles. The largest absolute Gasteiger partial charge is 0.508 e. The topological polar surface area (TPSA) is 91.8 Å². The average molecular weight is 530 g/mol. The van der Waals surface area contributed by atoms with Crippen LogP contribution in [-0.4, -0.2) is 28.5 Å². The number of anilines is 1. The maximum absolute atomic E-state index is 13.9. The number of carbonyl (C=O) groups excluding carboxylic acids is 4. The number of aromatic hydroxyl groups is 1. The number of phenolic OH excluding ortho intramolecular Hbond substituents is 1. The summed E-state index contributed by atoms with van der Waals surface area (Å²) in [6, 6.07) is 13.4. The minimum Gasteiger partial charge on any atom is -0.508 e. The van der Waals surface area contributed by atoms with Gasteiger partial charge < -0.3 is 5.11 Å². The maximum atomic E-state index is 13.9. The van der Waals surface area contributed by atoms with Crippen molar-refractivity contribution in [3.05, 3.63) is 81.9 Å². The summed E-state index contributed by atoms with van der Waals surface area (Å²) in [5, 5.41) is 10.5. The first kappa shape index (κ1) is 24.8. The summed E-state index contributed by atoms with van der Waals surface area (Å²) in [5.74, 6) is -3.12. The van der Waals surface area contributed by atoms with Crippen molar-refractivity contribution in [2.75, 3.05) is 4.90 Å². The Hall–Kier alpha value is -3.51. The predicted octanol–water partition coefficient (Wildman–Crippen LogP) is 5.40. The molecule has 1 heterocycles. The first-order valence-electron chi connectivity index (χ1n) is 12.9. The van der Waals surface area contributed by atoms with Crippen molar-refractivity contribution in [1.82, 2.24) is 0 Å². The van der Waals surface area contributed by atoms with E-state index >= 15 is 0 Å². The van der Waals surface area contributed by atoms with Crippen LogP contribution in [0.15, 0.2) is 71.3 Å². The van der Waals surface area contributed by atoms with Crippen molar-refractivity contribution < 1.29 is 24.3 Å². The molecule has 1 saturated heterocycles. The Morgan fingerprint density at radius 3 is 2.21 bits per heavy atom. The van der Waals surface area contributed by atoms with Gasteiger partial charge in [-0.05, 0) is 85.7 Å². The summed E-state index contributed by atoms with van der Waals surface area (Å²) >= 11 is 6.04. The zero-order chi connectivity index (χ0) is 27.1. The smallest absolute Gasteiger partial charge is 0.238 e. The molecule has 0 spiro atoms. The number of Topliss-reactive ketones (excluding diaryl/α,β-unsaturated/α-hetero) is 2. The van der Waals surface area contributed by atoms with Gasteiger partial charge in [0.15, 0.2) is 11.6 Å². The summed E-state index contributed by atoms with van der Waals surface area (Å²) in [6.07, 6.45) is 2.75. The number of ketones is 2. The molecule has 2 aromatic rings. The highest BCUT2D eigenvalue weighted by Gasteiger charge is 2.64. The highest BCUT2D eigenvalue weighted by Crippen LogP contribution is 2.63. The van der Waals surface area contributed by atoms with Crippen LogP contribution in [0.2, 0.25) is 5.02 Å². The van der Waals surface area contributed by atoms with Crippen LogP contribution in [0, 0.1) is 29.1 Å². The second kappa shape index (κ2) is 8.50. The lowest BCUT2D eigenvalue weighted by molar-refractivity contribution is -0.142. The van der Waals surface area contributed by atoms with E-state index in [1.54, 1.807) is 62.4 Å². The lowest BCUT2D eigenvalue weighted by Crippen LogP contribution is -2.55. The van der Waals surface area contributed by atoms with Crippen molar-refractivity contribution in [2.45, 2.75) is 39.5 Å². The molecule has 0 unspecified atom stereocenters. The molecule has 0 radical (unpaired) electrons. The lowest BCUT2D eigenvalue weighted by atomic mass is 9.46. The number of allylic oxidation sites excluding steroid dienone is 4. The van der Waals surface area contributed by atoms with Crippen molar-refractivity contribution in [1.29, 1.82) is 0 Å². The number of benzene rings is 2. The van der Waals surface area contributed by atoms with E-state index in [1.807, 2.05) is 13.0 Å². The van der Waals surface area contributed by atoms with E-state index in [1.165, 1.54) is 4.90 Å². The third-order valence-corrected chi connectivity index (χ3v) is 9.73. The highest BCUT2D eigenvalue weighted by molar-refractivity contribution is 6.31. The summed E-state index contributed by atoms with van der Waals surface area (Å²) in [5.41, 5.74) is 2.14. The minimum atomic E-state index is -1.03. The highest BCUT2D eigenvalue weighted by atomic mass is 35.5. The third kappa shape index (κ3) is 3.25. The molecule has 4 aliphatic rings. The molecule has 2 fully saturated rings. The zero-order valence-corrected chi connectivity index (χ0v) is 22.2. The van der Waals surface area contributed by atoms with E-state index in [0.29, 0.717) is 34.7 Å². The predicted molar refractivity (Wildman–Crippen MR) is 143 cm³/mol. The number of nitrogens with zero attached hydrogens (tertiary/aromatic N) is 1. The van der Waals surface area contributed by atoms with Gasteiger partial charge >= 0.3 is 0 Å². The van der Waals surface area contributed by atoms with Crippen LogP contribution in [0.1, 0.15) is 45.1 Å². The SMILES string of the molecule is CC1=C(C)C(=O)[C@@]2(C)[C@@H](c3ccc(O)cc3)C3=CC[C@@H]4C(=O)N(c5ccc(Cl)cc5)C(=O)[C@@H]4[C@@H]3C[C@H]2C1=O. The first-order valence-corrected chi connectivity index (χ1v) is 13.3. The lowest BCUT2D eigenvalue weighted by Gasteiger charge is -2.54. The molecule has 7 heteroatoms. The Morgan fingerprint density at radius 1 is 0.895 bits per heavy atom. The van der Waals surface area contributed by atoms with Gasteiger partial charge in [-0.2, -0.15) is 0 Å². The Morgan fingerprint density at radius 2 is 1.55 bits per heavy atom. The molecule has 2 amide bonds. The zero-order valence-electron chi connectivity index (χ0n) is 21.4. The number of hydrogen-bond donors (Lipinski definition) is 1. The second-order valence-corrected chi connectivity index (χ2v) is 11.6.